The molecule has 0 radical (unpaired) electrons. The fourth-order valence-electron chi connectivity index (χ4n) is 3.57. The first-order valence-electron chi connectivity index (χ1n) is 10.8. The highest BCUT2D eigenvalue weighted by atomic mass is 31.2. The first-order valence-corrected chi connectivity index (χ1v) is 13.4. The number of hydrogen-bond acceptors (Lipinski definition) is 7. The third-order valence-electron chi connectivity index (χ3n) is 5.32. The van der Waals surface area contributed by atoms with Crippen molar-refractivity contribution in [3.8, 4) is 11.1 Å². The lowest BCUT2D eigenvalue weighted by molar-refractivity contribution is -0.137. The van der Waals surface area contributed by atoms with Crippen molar-refractivity contribution in [2.75, 3.05) is 24.0 Å². The minimum absolute atomic E-state index is 0.105. The van der Waals surface area contributed by atoms with E-state index >= 15 is 0 Å². The molecule has 0 atom stereocenters. The van der Waals surface area contributed by atoms with Crippen LogP contribution < -0.4 is 15.9 Å². The van der Waals surface area contributed by atoms with Gasteiger partial charge >= 0.3 is 12.1 Å². The highest BCUT2D eigenvalue weighted by Crippen LogP contribution is 2.41. The summed E-state index contributed by atoms with van der Waals surface area (Å²) in [5.41, 5.74) is 0.491. The van der Waals surface area contributed by atoms with Gasteiger partial charge in [0.1, 0.15) is 18.5 Å². The van der Waals surface area contributed by atoms with Crippen molar-refractivity contribution in [1.82, 2.24) is 15.0 Å². The van der Waals surface area contributed by atoms with Crippen LogP contribution in [0.15, 0.2) is 73.2 Å². The number of hydrogen-bond donors (Lipinski definition) is 3. The topological polar surface area (TPSA) is 117 Å². The Labute approximate surface area is 210 Å². The molecule has 4 aromatic rings. The van der Waals surface area contributed by atoms with Gasteiger partial charge in [0, 0.05) is 29.5 Å². The van der Waals surface area contributed by atoms with Crippen molar-refractivity contribution >= 4 is 41.6 Å². The number of carbonyl (C=O) groups is 1. The molecule has 4 rings (SSSR count). The van der Waals surface area contributed by atoms with E-state index in [9.17, 15) is 27.6 Å². The van der Waals surface area contributed by atoms with Crippen molar-refractivity contribution in [3.63, 3.8) is 0 Å². The molecule has 0 aliphatic rings. The molecule has 0 saturated heterocycles. The average Bonchev–Trinajstić information content (AvgIpc) is 2.84. The van der Waals surface area contributed by atoms with Crippen molar-refractivity contribution in [2.45, 2.75) is 6.18 Å². The quantitative estimate of drug-likeness (QED) is 0.251. The Hall–Kier alpha value is -4.24. The van der Waals surface area contributed by atoms with E-state index in [1.165, 1.54) is 37.6 Å². The van der Waals surface area contributed by atoms with Crippen LogP contribution in [0.2, 0.25) is 0 Å². The molecule has 0 saturated carbocycles. The lowest BCUT2D eigenvalue weighted by Gasteiger charge is -2.19. The molecule has 190 valence electrons. The molecule has 0 fully saturated rings. The normalized spacial score (nSPS) is 11.7. The van der Waals surface area contributed by atoms with Crippen LogP contribution in [0.1, 0.15) is 15.9 Å². The van der Waals surface area contributed by atoms with Crippen LogP contribution in [0.4, 0.5) is 36.3 Å². The monoisotopic (exact) mass is 527 g/mol. The number of nitrogens with zero attached hydrogens (tertiary/aromatic N) is 3. The second-order valence-corrected chi connectivity index (χ2v) is 11.6. The first-order chi connectivity index (χ1) is 17.4. The summed E-state index contributed by atoms with van der Waals surface area (Å²) in [6.45, 7) is 3.03. The summed E-state index contributed by atoms with van der Waals surface area (Å²) in [4.78, 5) is 23.3. The largest absolute Gasteiger partial charge is 0.478 e. The van der Waals surface area contributed by atoms with Gasteiger partial charge in [0.05, 0.1) is 16.9 Å². The lowest BCUT2D eigenvalue weighted by Crippen LogP contribution is -2.16. The number of halogens is 3. The van der Waals surface area contributed by atoms with Gasteiger partial charge in [-0.1, -0.05) is 24.3 Å². The Morgan fingerprint density at radius 3 is 2.35 bits per heavy atom. The number of anilines is 4. The smallest absolute Gasteiger partial charge is 0.421 e. The molecular weight excluding hydrogens is 506 g/mol. The predicted molar refractivity (Wildman–Crippen MR) is 136 cm³/mol. The number of alkyl halides is 3. The van der Waals surface area contributed by atoms with Gasteiger partial charge in [-0.15, -0.1) is 0 Å². The van der Waals surface area contributed by atoms with E-state index in [1.807, 2.05) is 6.07 Å². The molecule has 2 heterocycles. The number of benzene rings is 2. The highest BCUT2D eigenvalue weighted by Gasteiger charge is 2.36. The first kappa shape index (κ1) is 25.8. The molecule has 0 aliphatic heterocycles. The Kier molecular flexibility index (Phi) is 7.00. The minimum Gasteiger partial charge on any atom is -0.478 e. The third kappa shape index (κ3) is 5.95. The van der Waals surface area contributed by atoms with Gasteiger partial charge in [0.25, 0.3) is 0 Å². The summed E-state index contributed by atoms with van der Waals surface area (Å²) in [5.74, 6) is -2.07. The Morgan fingerprint density at radius 2 is 1.70 bits per heavy atom. The zero-order valence-electron chi connectivity index (χ0n) is 19.6. The predicted octanol–water partition coefficient (Wildman–Crippen LogP) is 5.99. The number of carboxylic acid groups (broad SMARTS) is 1. The molecule has 2 aromatic carbocycles. The third-order valence-corrected chi connectivity index (χ3v) is 6.85. The summed E-state index contributed by atoms with van der Waals surface area (Å²) in [6, 6.07) is 14.3. The molecule has 0 amide bonds. The zero-order valence-corrected chi connectivity index (χ0v) is 20.5. The molecule has 37 heavy (non-hydrogen) atoms. The van der Waals surface area contributed by atoms with Crippen molar-refractivity contribution < 1.29 is 27.6 Å². The SMILES string of the molecule is CP(C)(=O)c1cc(-c2cccnc2)ccc1Nc1nc(Nc2ccccc2C(=O)O)ncc1C(F)(F)F. The summed E-state index contributed by atoms with van der Waals surface area (Å²) in [5, 5.41) is 15.1. The van der Waals surface area contributed by atoms with Gasteiger partial charge in [0.2, 0.25) is 5.95 Å². The van der Waals surface area contributed by atoms with Crippen molar-refractivity contribution in [2.24, 2.45) is 0 Å². The van der Waals surface area contributed by atoms with E-state index in [1.54, 1.807) is 36.7 Å². The van der Waals surface area contributed by atoms with Gasteiger partial charge in [-0.2, -0.15) is 18.2 Å². The maximum Gasteiger partial charge on any atom is 0.421 e. The molecule has 12 heteroatoms. The second kappa shape index (κ2) is 10.0. The van der Waals surface area contributed by atoms with E-state index < -0.39 is 30.7 Å². The Morgan fingerprint density at radius 1 is 0.946 bits per heavy atom. The van der Waals surface area contributed by atoms with Gasteiger partial charge in [-0.05, 0) is 49.2 Å². The molecule has 3 N–H and O–H groups in total. The number of para-hydroxylation sites is 1. The fourth-order valence-corrected chi connectivity index (χ4v) is 4.73. The van der Waals surface area contributed by atoms with Crippen LogP contribution >= 0.6 is 7.14 Å². The zero-order chi connectivity index (χ0) is 26.8. The van der Waals surface area contributed by atoms with E-state index in [4.69, 9.17) is 0 Å². The summed E-state index contributed by atoms with van der Waals surface area (Å²) < 4.78 is 54.6. The van der Waals surface area contributed by atoms with E-state index in [-0.39, 0.29) is 22.9 Å². The lowest BCUT2D eigenvalue weighted by atomic mass is 10.1. The van der Waals surface area contributed by atoms with Gasteiger partial charge in [-0.3, -0.25) is 4.98 Å². The summed E-state index contributed by atoms with van der Waals surface area (Å²) in [7, 11) is -2.97. The fraction of sp³-hybridized carbons (Fsp3) is 0.120. The minimum atomic E-state index is -4.79. The van der Waals surface area contributed by atoms with E-state index in [0.717, 1.165) is 5.56 Å². The Bertz CT molecular complexity index is 1510. The van der Waals surface area contributed by atoms with Crippen molar-refractivity contribution in [1.29, 1.82) is 0 Å². The maximum atomic E-state index is 13.8. The number of nitrogens with one attached hydrogen (secondary N) is 2. The van der Waals surface area contributed by atoms with Crippen LogP contribution in [0.5, 0.6) is 0 Å². The molecule has 0 aliphatic carbocycles. The van der Waals surface area contributed by atoms with Crippen molar-refractivity contribution in [3.05, 3.63) is 84.3 Å². The molecule has 2 aromatic heterocycles. The molecule has 0 unspecified atom stereocenters. The molecule has 0 spiro atoms. The molecule has 0 bridgehead atoms. The van der Waals surface area contributed by atoms with E-state index in [2.05, 4.69) is 25.6 Å². The van der Waals surface area contributed by atoms with Crippen LogP contribution in [-0.4, -0.2) is 39.4 Å². The van der Waals surface area contributed by atoms with E-state index in [0.29, 0.717) is 17.1 Å². The van der Waals surface area contributed by atoms with Crippen LogP contribution in [0.25, 0.3) is 11.1 Å². The van der Waals surface area contributed by atoms with Gasteiger partial charge in [0.15, 0.2) is 0 Å². The van der Waals surface area contributed by atoms with Crippen LogP contribution in [-0.2, 0) is 10.7 Å². The maximum absolute atomic E-state index is 13.8. The number of aromatic carboxylic acids is 1. The number of carboxylic acids is 1. The number of pyridine rings is 1. The number of rotatable bonds is 7. The second-order valence-electron chi connectivity index (χ2n) is 8.38. The Balaban J connectivity index is 1.78. The average molecular weight is 527 g/mol. The number of aromatic nitrogens is 3. The molecular formula is C25H21F3N5O3P. The summed E-state index contributed by atoms with van der Waals surface area (Å²) >= 11 is 0. The summed E-state index contributed by atoms with van der Waals surface area (Å²) in [6.07, 6.45) is -0.958. The van der Waals surface area contributed by atoms with Gasteiger partial charge < -0.3 is 20.3 Å². The van der Waals surface area contributed by atoms with Crippen LogP contribution in [0, 0.1) is 0 Å². The van der Waals surface area contributed by atoms with Gasteiger partial charge in [-0.25, -0.2) is 9.78 Å². The highest BCUT2D eigenvalue weighted by molar-refractivity contribution is 7.70. The standard InChI is InChI=1S/C25H21F3N5O3P/c1-37(2,36)21-12-15(16-6-5-11-29-13-16)9-10-20(21)31-22-18(25(26,27)28)14-30-24(33-22)32-19-8-4-3-7-17(19)23(34)35/h3-14H,1-2H3,(H,34,35)(H2,30,31,32,33). The molecule has 8 nitrogen and oxygen atoms in total. The van der Waals surface area contributed by atoms with Crippen LogP contribution in [0.3, 0.4) is 0 Å².